The van der Waals surface area contributed by atoms with Crippen LogP contribution in [0, 0.1) is 0 Å². The molecule has 4 amide bonds. The van der Waals surface area contributed by atoms with E-state index in [1.807, 2.05) is 39.5 Å². The van der Waals surface area contributed by atoms with Gasteiger partial charge in [0.2, 0.25) is 5.91 Å². The van der Waals surface area contributed by atoms with E-state index < -0.39 is 11.2 Å². The third-order valence-corrected chi connectivity index (χ3v) is 7.35. The van der Waals surface area contributed by atoms with Crippen LogP contribution in [-0.2, 0) is 14.3 Å². The van der Waals surface area contributed by atoms with Crippen molar-refractivity contribution in [3.8, 4) is 5.75 Å². The predicted molar refractivity (Wildman–Crippen MR) is 147 cm³/mol. The zero-order chi connectivity index (χ0) is 28.5. The van der Waals surface area contributed by atoms with Crippen LogP contribution in [0.1, 0.15) is 84.0 Å². The molecule has 10 nitrogen and oxygen atoms in total. The minimum absolute atomic E-state index is 0.0820. The van der Waals surface area contributed by atoms with E-state index in [1.54, 1.807) is 34.9 Å². The van der Waals surface area contributed by atoms with Gasteiger partial charge in [-0.1, -0.05) is 6.92 Å². The van der Waals surface area contributed by atoms with Gasteiger partial charge in [0.15, 0.2) is 5.60 Å². The molecule has 2 aliphatic heterocycles. The van der Waals surface area contributed by atoms with E-state index in [2.05, 4.69) is 5.32 Å². The third-order valence-electron chi connectivity index (χ3n) is 7.35. The maximum atomic E-state index is 13.9. The number of carbonyl (C=O) groups is 4. The Morgan fingerprint density at radius 3 is 2.56 bits per heavy atom. The van der Waals surface area contributed by atoms with Crippen LogP contribution >= 0.6 is 0 Å². The summed E-state index contributed by atoms with van der Waals surface area (Å²) in [4.78, 5) is 56.9. The maximum Gasteiger partial charge on any atom is 0.410 e. The lowest BCUT2D eigenvalue weighted by Crippen LogP contribution is -2.54. The Kier molecular flexibility index (Phi) is 8.14. The standard InChI is InChI=1S/C29H42N4O6/c1-7-24(34)30-14-16-32-22-17-20(10-11-23(22)38-29(12-13-29)26(32)36)25(35)33(19(2)3)21-9-8-15-31(18-21)27(37)39-28(4,5)6/h10-11,17,19,21H,7-9,12-16,18H2,1-6H3,(H,30,34)/t21-/m1/s1. The van der Waals surface area contributed by atoms with E-state index in [0.29, 0.717) is 62.4 Å². The van der Waals surface area contributed by atoms with Gasteiger partial charge >= 0.3 is 6.09 Å². The van der Waals surface area contributed by atoms with Crippen molar-refractivity contribution in [3.63, 3.8) is 0 Å². The summed E-state index contributed by atoms with van der Waals surface area (Å²) in [6, 6.07) is 4.95. The van der Waals surface area contributed by atoms with Gasteiger partial charge in [0.1, 0.15) is 11.4 Å². The zero-order valence-electron chi connectivity index (χ0n) is 24.0. The maximum absolute atomic E-state index is 13.9. The highest BCUT2D eigenvalue weighted by Crippen LogP contribution is 2.49. The second-order valence-corrected chi connectivity index (χ2v) is 12.0. The van der Waals surface area contributed by atoms with Gasteiger partial charge in [0, 0.05) is 57.0 Å². The second kappa shape index (κ2) is 11.1. The number of likely N-dealkylation sites (tertiary alicyclic amines) is 1. The normalized spacial score (nSPS) is 19.9. The fraction of sp³-hybridized carbons (Fsp3) is 0.655. The molecule has 1 spiro atoms. The van der Waals surface area contributed by atoms with Crippen molar-refractivity contribution in [2.75, 3.05) is 31.1 Å². The topological polar surface area (TPSA) is 108 Å². The average Bonchev–Trinajstić information content (AvgIpc) is 3.65. The van der Waals surface area contributed by atoms with E-state index in [1.165, 1.54) is 0 Å². The number of anilines is 1. The first-order valence-corrected chi connectivity index (χ1v) is 14.1. The molecule has 2 fully saturated rings. The monoisotopic (exact) mass is 542 g/mol. The molecule has 4 rings (SSSR count). The Balaban J connectivity index is 1.56. The number of hydrogen-bond donors (Lipinski definition) is 1. The number of piperidine rings is 1. The zero-order valence-corrected chi connectivity index (χ0v) is 24.0. The number of amides is 4. The Hall–Kier alpha value is -3.30. The summed E-state index contributed by atoms with van der Waals surface area (Å²) in [5.74, 6) is 0.186. The van der Waals surface area contributed by atoms with Crippen LogP contribution in [0.5, 0.6) is 5.75 Å². The van der Waals surface area contributed by atoms with Gasteiger partial charge in [0.05, 0.1) is 11.7 Å². The number of nitrogens with one attached hydrogen (secondary N) is 1. The summed E-state index contributed by atoms with van der Waals surface area (Å²) < 4.78 is 11.7. The lowest BCUT2D eigenvalue weighted by atomic mass is 10.0. The van der Waals surface area contributed by atoms with Gasteiger partial charge < -0.3 is 29.5 Å². The molecule has 39 heavy (non-hydrogen) atoms. The predicted octanol–water partition coefficient (Wildman–Crippen LogP) is 3.72. The molecule has 0 unspecified atom stereocenters. The Labute approximate surface area is 231 Å². The third kappa shape index (κ3) is 6.31. The molecule has 1 aromatic rings. The molecule has 3 aliphatic rings. The SMILES string of the molecule is CCC(=O)NCCN1C(=O)C2(CC2)Oc2ccc(C(=O)N(C(C)C)[C@@H]3CCCN(C(=O)OC(C)(C)C)C3)cc21. The molecule has 1 saturated carbocycles. The molecule has 1 aliphatic carbocycles. The van der Waals surface area contributed by atoms with Crippen LogP contribution in [0.3, 0.4) is 0 Å². The van der Waals surface area contributed by atoms with Gasteiger partial charge in [-0.3, -0.25) is 14.4 Å². The smallest absolute Gasteiger partial charge is 0.410 e. The van der Waals surface area contributed by atoms with Gasteiger partial charge in [-0.2, -0.15) is 0 Å². The summed E-state index contributed by atoms with van der Waals surface area (Å²) in [7, 11) is 0. The molecule has 1 atom stereocenters. The van der Waals surface area contributed by atoms with Gasteiger partial charge in [0.25, 0.3) is 11.8 Å². The molecular weight excluding hydrogens is 500 g/mol. The van der Waals surface area contributed by atoms with Crippen molar-refractivity contribution in [3.05, 3.63) is 23.8 Å². The van der Waals surface area contributed by atoms with Crippen LogP contribution in [-0.4, -0.2) is 83.1 Å². The first kappa shape index (κ1) is 28.7. The molecular formula is C29H42N4O6. The van der Waals surface area contributed by atoms with Gasteiger partial charge in [-0.25, -0.2) is 4.79 Å². The minimum Gasteiger partial charge on any atom is -0.475 e. The summed E-state index contributed by atoms with van der Waals surface area (Å²) >= 11 is 0. The minimum atomic E-state index is -0.829. The number of fused-ring (bicyclic) bond motifs is 1. The Morgan fingerprint density at radius 2 is 1.95 bits per heavy atom. The summed E-state index contributed by atoms with van der Waals surface area (Å²) in [5.41, 5.74) is -0.436. The van der Waals surface area contributed by atoms with Crippen molar-refractivity contribution in [2.24, 2.45) is 0 Å². The number of ether oxygens (including phenoxy) is 2. The van der Waals surface area contributed by atoms with E-state index >= 15 is 0 Å². The second-order valence-electron chi connectivity index (χ2n) is 12.0. The van der Waals surface area contributed by atoms with Crippen LogP contribution in [0.4, 0.5) is 10.5 Å². The highest BCUT2D eigenvalue weighted by atomic mass is 16.6. The lowest BCUT2D eigenvalue weighted by molar-refractivity contribution is -0.128. The number of benzene rings is 1. The van der Waals surface area contributed by atoms with E-state index in [4.69, 9.17) is 9.47 Å². The van der Waals surface area contributed by atoms with Gasteiger partial charge in [-0.15, -0.1) is 0 Å². The summed E-state index contributed by atoms with van der Waals surface area (Å²) in [6.07, 6.45) is 2.86. The number of carbonyl (C=O) groups excluding carboxylic acids is 4. The molecule has 2 heterocycles. The quantitative estimate of drug-likeness (QED) is 0.563. The average molecular weight is 543 g/mol. The Morgan fingerprint density at radius 1 is 1.23 bits per heavy atom. The van der Waals surface area contributed by atoms with Crippen LogP contribution in [0.25, 0.3) is 0 Å². The van der Waals surface area contributed by atoms with Crippen molar-refractivity contribution in [2.45, 2.75) is 96.9 Å². The van der Waals surface area contributed by atoms with Crippen molar-refractivity contribution >= 4 is 29.5 Å². The molecule has 1 saturated heterocycles. The van der Waals surface area contributed by atoms with Crippen molar-refractivity contribution in [1.29, 1.82) is 0 Å². The fourth-order valence-corrected chi connectivity index (χ4v) is 5.29. The molecule has 10 heteroatoms. The molecule has 0 radical (unpaired) electrons. The van der Waals surface area contributed by atoms with Crippen LogP contribution in [0.15, 0.2) is 18.2 Å². The van der Waals surface area contributed by atoms with Crippen LogP contribution < -0.4 is 15.0 Å². The van der Waals surface area contributed by atoms with E-state index in [0.717, 1.165) is 12.8 Å². The van der Waals surface area contributed by atoms with Crippen LogP contribution in [0.2, 0.25) is 0 Å². The Bertz CT molecular complexity index is 1120. The largest absolute Gasteiger partial charge is 0.475 e. The highest BCUT2D eigenvalue weighted by Gasteiger charge is 2.58. The van der Waals surface area contributed by atoms with E-state index in [-0.39, 0.29) is 35.9 Å². The first-order chi connectivity index (χ1) is 18.3. The molecule has 1 N–H and O–H groups in total. The van der Waals surface area contributed by atoms with Crippen molar-refractivity contribution in [1.82, 2.24) is 15.1 Å². The molecule has 0 aromatic heterocycles. The fourth-order valence-electron chi connectivity index (χ4n) is 5.29. The van der Waals surface area contributed by atoms with Gasteiger partial charge in [-0.05, 0) is 65.7 Å². The lowest BCUT2D eigenvalue weighted by Gasteiger charge is -2.42. The molecule has 1 aromatic carbocycles. The molecule has 214 valence electrons. The van der Waals surface area contributed by atoms with Crippen molar-refractivity contribution < 1.29 is 28.7 Å². The van der Waals surface area contributed by atoms with E-state index in [9.17, 15) is 19.2 Å². The number of hydrogen-bond acceptors (Lipinski definition) is 6. The number of rotatable bonds is 7. The number of nitrogens with zero attached hydrogens (tertiary/aromatic N) is 3. The molecule has 0 bridgehead atoms. The first-order valence-electron chi connectivity index (χ1n) is 14.1. The summed E-state index contributed by atoms with van der Waals surface area (Å²) in [6.45, 7) is 12.8. The highest BCUT2D eigenvalue weighted by molar-refractivity contribution is 6.06. The summed E-state index contributed by atoms with van der Waals surface area (Å²) in [5, 5.41) is 2.83.